The number of hydrogen-bond acceptors (Lipinski definition) is 3. The fourth-order valence-electron chi connectivity index (χ4n) is 1.11. The highest BCUT2D eigenvalue weighted by molar-refractivity contribution is 7.84. The second kappa shape index (κ2) is 4.41. The smallest absolute Gasteiger partial charge is 0.273 e. The van der Waals surface area contributed by atoms with Gasteiger partial charge in [0, 0.05) is 0 Å². The predicted molar refractivity (Wildman–Crippen MR) is 54.5 cm³/mol. The van der Waals surface area contributed by atoms with Crippen molar-refractivity contribution >= 4 is 16.2 Å². The molecule has 0 aliphatic carbocycles. The highest BCUT2D eigenvalue weighted by Gasteiger charge is 2.18. The summed E-state index contributed by atoms with van der Waals surface area (Å²) in [5, 5.41) is 0. The molecule has 1 aromatic carbocycles. The summed E-state index contributed by atoms with van der Waals surface area (Å²) in [5.41, 5.74) is 0.679. The standard InChI is InChI=1S/C9H11NO4S/c1-7(8-5-3-2-4-6-8)9(11)10-15(12,13)14/h2-7H,1H3,(H,10,11)(H,12,13,14). The maximum atomic E-state index is 11.3. The summed E-state index contributed by atoms with van der Waals surface area (Å²) in [5.74, 6) is -1.39. The monoisotopic (exact) mass is 229 g/mol. The molecule has 1 unspecified atom stereocenters. The average Bonchev–Trinajstić information content (AvgIpc) is 2.15. The van der Waals surface area contributed by atoms with E-state index in [2.05, 4.69) is 0 Å². The minimum atomic E-state index is -4.48. The second-order valence-corrected chi connectivity index (χ2v) is 4.23. The third kappa shape index (κ3) is 3.69. The Morgan fingerprint density at radius 1 is 1.33 bits per heavy atom. The van der Waals surface area contributed by atoms with Gasteiger partial charge in [0.1, 0.15) is 0 Å². The van der Waals surface area contributed by atoms with E-state index in [9.17, 15) is 13.2 Å². The zero-order chi connectivity index (χ0) is 11.5. The molecule has 0 saturated carbocycles. The zero-order valence-electron chi connectivity index (χ0n) is 8.04. The van der Waals surface area contributed by atoms with Gasteiger partial charge in [-0.05, 0) is 12.5 Å². The van der Waals surface area contributed by atoms with Crippen LogP contribution in [0.4, 0.5) is 0 Å². The van der Waals surface area contributed by atoms with Gasteiger partial charge in [-0.25, -0.2) is 4.72 Å². The summed E-state index contributed by atoms with van der Waals surface area (Å²) < 4.78 is 30.7. The molecular weight excluding hydrogens is 218 g/mol. The van der Waals surface area contributed by atoms with Crippen LogP contribution >= 0.6 is 0 Å². The van der Waals surface area contributed by atoms with Crippen molar-refractivity contribution in [2.24, 2.45) is 0 Å². The lowest BCUT2D eigenvalue weighted by Gasteiger charge is -2.10. The Hall–Kier alpha value is -1.40. The highest BCUT2D eigenvalue weighted by atomic mass is 32.2. The Morgan fingerprint density at radius 2 is 1.87 bits per heavy atom. The Kier molecular flexibility index (Phi) is 3.43. The second-order valence-electron chi connectivity index (χ2n) is 3.07. The molecule has 0 bridgehead atoms. The minimum absolute atomic E-state index is 0.631. The van der Waals surface area contributed by atoms with Gasteiger partial charge < -0.3 is 0 Å². The van der Waals surface area contributed by atoms with Gasteiger partial charge in [0.2, 0.25) is 5.91 Å². The molecular formula is C9H11NO4S. The first-order chi connectivity index (χ1) is 6.90. The van der Waals surface area contributed by atoms with E-state index >= 15 is 0 Å². The molecule has 1 aromatic rings. The van der Waals surface area contributed by atoms with Crippen molar-refractivity contribution in [1.29, 1.82) is 0 Å². The Morgan fingerprint density at radius 3 is 2.33 bits per heavy atom. The van der Waals surface area contributed by atoms with E-state index in [1.807, 2.05) is 0 Å². The normalized spacial score (nSPS) is 13.2. The molecule has 0 heterocycles. The van der Waals surface area contributed by atoms with E-state index in [-0.39, 0.29) is 0 Å². The van der Waals surface area contributed by atoms with Gasteiger partial charge in [-0.2, -0.15) is 8.42 Å². The molecule has 2 N–H and O–H groups in total. The molecule has 82 valence electrons. The lowest BCUT2D eigenvalue weighted by atomic mass is 10.0. The lowest BCUT2D eigenvalue weighted by molar-refractivity contribution is -0.120. The van der Waals surface area contributed by atoms with E-state index in [1.54, 1.807) is 37.3 Å². The molecule has 0 spiro atoms. The molecule has 0 fully saturated rings. The number of carbonyl (C=O) groups excluding carboxylic acids is 1. The van der Waals surface area contributed by atoms with Crippen molar-refractivity contribution < 1.29 is 17.8 Å². The topological polar surface area (TPSA) is 83.5 Å². The van der Waals surface area contributed by atoms with Crippen molar-refractivity contribution in [2.75, 3.05) is 0 Å². The Bertz CT molecular complexity index is 440. The SMILES string of the molecule is CC(C(=O)NS(=O)(=O)O)c1ccccc1. The van der Waals surface area contributed by atoms with Crippen LogP contribution in [0.25, 0.3) is 0 Å². The van der Waals surface area contributed by atoms with Crippen molar-refractivity contribution in [3.05, 3.63) is 35.9 Å². The fraction of sp³-hybridized carbons (Fsp3) is 0.222. The number of carbonyl (C=O) groups is 1. The molecule has 5 nitrogen and oxygen atoms in total. The maximum absolute atomic E-state index is 11.3. The van der Waals surface area contributed by atoms with Crippen LogP contribution in [-0.2, 0) is 15.1 Å². The van der Waals surface area contributed by atoms with Crippen LogP contribution in [0, 0.1) is 0 Å². The molecule has 0 aliphatic rings. The van der Waals surface area contributed by atoms with Gasteiger partial charge in [0.05, 0.1) is 5.92 Å². The van der Waals surface area contributed by atoms with Gasteiger partial charge in [0.15, 0.2) is 0 Å². The zero-order valence-corrected chi connectivity index (χ0v) is 8.86. The number of amides is 1. The van der Waals surface area contributed by atoms with Gasteiger partial charge in [-0.1, -0.05) is 30.3 Å². The summed E-state index contributed by atoms with van der Waals surface area (Å²) in [7, 11) is -4.48. The molecule has 1 rings (SSSR count). The molecule has 0 aliphatic heterocycles. The Balaban J connectivity index is 2.78. The molecule has 1 amide bonds. The highest BCUT2D eigenvalue weighted by Crippen LogP contribution is 2.14. The number of rotatable bonds is 3. The number of benzene rings is 1. The van der Waals surface area contributed by atoms with E-state index in [4.69, 9.17) is 4.55 Å². The number of nitrogens with one attached hydrogen (secondary N) is 1. The molecule has 15 heavy (non-hydrogen) atoms. The summed E-state index contributed by atoms with van der Waals surface area (Å²) in [6.07, 6.45) is 0. The molecule has 0 radical (unpaired) electrons. The largest absolute Gasteiger partial charge is 0.359 e. The third-order valence-electron chi connectivity index (χ3n) is 1.92. The van der Waals surface area contributed by atoms with Crippen molar-refractivity contribution in [1.82, 2.24) is 4.72 Å². The first-order valence-corrected chi connectivity index (χ1v) is 5.68. The van der Waals surface area contributed by atoms with Crippen LogP contribution in [0.2, 0.25) is 0 Å². The van der Waals surface area contributed by atoms with E-state index in [0.717, 1.165) is 0 Å². The summed E-state index contributed by atoms with van der Waals surface area (Å²) in [6, 6.07) is 8.68. The quantitative estimate of drug-likeness (QED) is 0.748. The third-order valence-corrected chi connectivity index (χ3v) is 2.38. The lowest BCUT2D eigenvalue weighted by Crippen LogP contribution is -2.33. The van der Waals surface area contributed by atoms with E-state index in [0.29, 0.717) is 5.56 Å². The number of hydrogen-bond donors (Lipinski definition) is 2. The first-order valence-electron chi connectivity index (χ1n) is 4.24. The van der Waals surface area contributed by atoms with Crippen molar-refractivity contribution in [3.63, 3.8) is 0 Å². The van der Waals surface area contributed by atoms with Crippen LogP contribution in [0.5, 0.6) is 0 Å². The summed E-state index contributed by atoms with van der Waals surface area (Å²) >= 11 is 0. The molecule has 0 saturated heterocycles. The fourth-order valence-corrected chi connectivity index (χ4v) is 1.54. The van der Waals surface area contributed by atoms with Crippen LogP contribution in [0.1, 0.15) is 18.4 Å². The first kappa shape index (κ1) is 11.7. The predicted octanol–water partition coefficient (Wildman–Crippen LogP) is 0.709. The molecule has 1 atom stereocenters. The maximum Gasteiger partial charge on any atom is 0.359 e. The summed E-state index contributed by atoms with van der Waals surface area (Å²) in [6.45, 7) is 1.55. The molecule has 6 heteroatoms. The van der Waals surface area contributed by atoms with Gasteiger partial charge >= 0.3 is 10.3 Å². The van der Waals surface area contributed by atoms with Crippen LogP contribution in [0.3, 0.4) is 0 Å². The average molecular weight is 229 g/mol. The van der Waals surface area contributed by atoms with Crippen LogP contribution < -0.4 is 4.72 Å². The van der Waals surface area contributed by atoms with Crippen LogP contribution in [0.15, 0.2) is 30.3 Å². The summed E-state index contributed by atoms with van der Waals surface area (Å²) in [4.78, 5) is 11.3. The minimum Gasteiger partial charge on any atom is -0.273 e. The van der Waals surface area contributed by atoms with Crippen molar-refractivity contribution in [2.45, 2.75) is 12.8 Å². The molecule has 0 aromatic heterocycles. The van der Waals surface area contributed by atoms with Crippen LogP contribution in [-0.4, -0.2) is 18.9 Å². The van der Waals surface area contributed by atoms with E-state index in [1.165, 1.54) is 4.72 Å². The van der Waals surface area contributed by atoms with Gasteiger partial charge in [-0.3, -0.25) is 9.35 Å². The van der Waals surface area contributed by atoms with E-state index < -0.39 is 22.1 Å². The van der Waals surface area contributed by atoms with Crippen molar-refractivity contribution in [3.8, 4) is 0 Å². The Labute approximate surface area is 88.0 Å². The van der Waals surface area contributed by atoms with Gasteiger partial charge in [0.25, 0.3) is 0 Å². The van der Waals surface area contributed by atoms with Gasteiger partial charge in [-0.15, -0.1) is 0 Å².